The van der Waals surface area contributed by atoms with E-state index in [0.29, 0.717) is 22.8 Å². The summed E-state index contributed by atoms with van der Waals surface area (Å²) in [5.74, 6) is -0.569. The number of aliphatic hydroxyl groups excluding tert-OH is 2. The number of nitrogens with zero attached hydrogens (tertiary/aromatic N) is 2. The molecular weight excluding hydrogens is 500 g/mol. The van der Waals surface area contributed by atoms with E-state index in [1.54, 1.807) is 30.2 Å². The zero-order valence-corrected chi connectivity index (χ0v) is 22.6. The Hall–Kier alpha value is -4.24. The normalized spacial score (nSPS) is 20.8. The molecule has 0 amide bonds. The van der Waals surface area contributed by atoms with E-state index in [1.165, 1.54) is 20.3 Å². The van der Waals surface area contributed by atoms with E-state index in [4.69, 9.17) is 14.2 Å². The van der Waals surface area contributed by atoms with E-state index in [9.17, 15) is 19.8 Å². The fourth-order valence-corrected chi connectivity index (χ4v) is 5.73. The second-order valence-corrected chi connectivity index (χ2v) is 10.0. The third-order valence-electron chi connectivity index (χ3n) is 7.90. The maximum Gasteiger partial charge on any atom is 0.342 e. The molecule has 2 aliphatic rings. The summed E-state index contributed by atoms with van der Waals surface area (Å²) < 4.78 is 18.1. The van der Waals surface area contributed by atoms with Gasteiger partial charge in [0.15, 0.2) is 5.78 Å². The van der Waals surface area contributed by atoms with Crippen molar-refractivity contribution in [2.45, 2.75) is 31.3 Å². The van der Waals surface area contributed by atoms with Crippen molar-refractivity contribution in [1.29, 1.82) is 0 Å². The van der Waals surface area contributed by atoms with Gasteiger partial charge in [0.05, 0.1) is 33.6 Å². The Labute approximate surface area is 226 Å². The van der Waals surface area contributed by atoms with Gasteiger partial charge in [-0.3, -0.25) is 4.79 Å². The van der Waals surface area contributed by atoms with E-state index in [2.05, 4.69) is 6.07 Å². The van der Waals surface area contributed by atoms with Gasteiger partial charge in [0, 0.05) is 59.9 Å². The number of esters is 1. The molecule has 0 radical (unpaired) electrons. The fraction of sp³-hybridized carbons (Fsp3) is 0.333. The van der Waals surface area contributed by atoms with E-state index in [1.807, 2.05) is 36.9 Å². The summed E-state index contributed by atoms with van der Waals surface area (Å²) in [4.78, 5) is 28.7. The molecule has 2 N–H and O–H groups in total. The summed E-state index contributed by atoms with van der Waals surface area (Å²) in [6, 6.07) is 11.3. The van der Waals surface area contributed by atoms with Gasteiger partial charge in [0.1, 0.15) is 17.3 Å². The van der Waals surface area contributed by atoms with E-state index in [-0.39, 0.29) is 30.2 Å². The lowest BCUT2D eigenvalue weighted by molar-refractivity contribution is -0.155. The van der Waals surface area contributed by atoms with E-state index in [0.717, 1.165) is 22.0 Å². The maximum absolute atomic E-state index is 13.6. The van der Waals surface area contributed by atoms with Gasteiger partial charge < -0.3 is 33.9 Å². The minimum atomic E-state index is -1.99. The van der Waals surface area contributed by atoms with Crippen LogP contribution in [0.5, 0.6) is 11.5 Å². The standard InChI is InChI=1S/C30H32N2O7/c1-17-10-25(34)23-14-27(35)30(16-33,29(36)39-5)32(15-19-6-7-20(37-3)12-26(19)38-4)28(23)22-11-18-8-9-31(2)24(18)13-21(17)22/h6-9,11-14,17,33,35H,10,15-16H2,1-5H3. The Morgan fingerprint density at radius 3 is 2.56 bits per heavy atom. The molecule has 3 aromatic rings. The number of carbonyl (C=O) groups excluding carboxylic acids is 2. The van der Waals surface area contributed by atoms with Crippen LogP contribution in [0, 0.1) is 0 Å². The predicted octanol–water partition coefficient (Wildman–Crippen LogP) is 3.84. The number of aliphatic hydroxyl groups is 2. The van der Waals surface area contributed by atoms with Gasteiger partial charge >= 0.3 is 5.97 Å². The highest BCUT2D eigenvalue weighted by Crippen LogP contribution is 2.47. The molecule has 204 valence electrons. The Morgan fingerprint density at radius 1 is 1.13 bits per heavy atom. The number of methoxy groups -OCH3 is 3. The quantitative estimate of drug-likeness (QED) is 0.461. The fourth-order valence-electron chi connectivity index (χ4n) is 5.73. The SMILES string of the molecule is COC(=O)C1(CO)C(O)=CC2=C(c3cc4ccn(C)c4cc3C(C)CC2=O)N1Cc1ccc(OC)cc1OC. The molecule has 5 rings (SSSR count). The second-order valence-electron chi connectivity index (χ2n) is 10.0. The number of aryl methyl sites for hydroxylation is 1. The van der Waals surface area contributed by atoms with Crippen molar-refractivity contribution in [3.8, 4) is 11.5 Å². The smallest absolute Gasteiger partial charge is 0.342 e. The maximum atomic E-state index is 13.6. The first-order chi connectivity index (χ1) is 18.7. The lowest BCUT2D eigenvalue weighted by atomic mass is 9.84. The van der Waals surface area contributed by atoms with Crippen LogP contribution in [-0.2, 0) is 27.9 Å². The highest BCUT2D eigenvalue weighted by Gasteiger charge is 2.54. The minimum absolute atomic E-state index is 0.00743. The van der Waals surface area contributed by atoms with Crippen LogP contribution < -0.4 is 9.47 Å². The van der Waals surface area contributed by atoms with Crippen molar-refractivity contribution in [1.82, 2.24) is 9.47 Å². The summed E-state index contributed by atoms with van der Waals surface area (Å²) >= 11 is 0. The molecule has 0 spiro atoms. The first-order valence-electron chi connectivity index (χ1n) is 12.7. The van der Waals surface area contributed by atoms with Gasteiger partial charge in [0.25, 0.3) is 0 Å². The molecule has 0 saturated carbocycles. The molecule has 2 heterocycles. The monoisotopic (exact) mass is 532 g/mol. The van der Waals surface area contributed by atoms with Gasteiger partial charge in [-0.25, -0.2) is 4.79 Å². The lowest BCUT2D eigenvalue weighted by Gasteiger charge is -2.45. The number of rotatable bonds is 6. The Kier molecular flexibility index (Phi) is 6.64. The molecule has 0 saturated heterocycles. The zero-order valence-electron chi connectivity index (χ0n) is 22.6. The molecule has 2 unspecified atom stereocenters. The molecular formula is C30H32N2O7. The number of allylic oxidation sites excluding steroid dienone is 2. The number of carbonyl (C=O) groups is 2. The molecule has 1 aliphatic carbocycles. The van der Waals surface area contributed by atoms with Crippen molar-refractivity contribution in [3.63, 3.8) is 0 Å². The van der Waals surface area contributed by atoms with E-state index < -0.39 is 23.9 Å². The molecule has 2 aromatic carbocycles. The first-order valence-corrected chi connectivity index (χ1v) is 12.7. The van der Waals surface area contributed by atoms with Crippen LogP contribution in [0.4, 0.5) is 0 Å². The molecule has 39 heavy (non-hydrogen) atoms. The number of ether oxygens (including phenoxy) is 3. The predicted molar refractivity (Wildman–Crippen MR) is 146 cm³/mol. The third-order valence-corrected chi connectivity index (χ3v) is 7.90. The molecule has 9 nitrogen and oxygen atoms in total. The summed E-state index contributed by atoms with van der Waals surface area (Å²) in [7, 11) is 6.23. The average Bonchev–Trinajstić information content (AvgIpc) is 3.26. The van der Waals surface area contributed by atoms with Crippen LogP contribution in [0.25, 0.3) is 16.6 Å². The summed E-state index contributed by atoms with van der Waals surface area (Å²) in [6.45, 7) is 1.21. The summed E-state index contributed by atoms with van der Waals surface area (Å²) in [5.41, 5.74) is 2.06. The number of hydrogen-bond acceptors (Lipinski definition) is 8. The van der Waals surface area contributed by atoms with Crippen LogP contribution >= 0.6 is 0 Å². The largest absolute Gasteiger partial charge is 0.509 e. The van der Waals surface area contributed by atoms with Crippen LogP contribution in [0.1, 0.15) is 36.0 Å². The molecule has 1 aromatic heterocycles. The summed E-state index contributed by atoms with van der Waals surface area (Å²) in [6.07, 6.45) is 3.49. The Bertz CT molecular complexity index is 1550. The highest BCUT2D eigenvalue weighted by atomic mass is 16.5. The van der Waals surface area contributed by atoms with Crippen molar-refractivity contribution in [3.05, 3.63) is 76.7 Å². The molecule has 0 fully saturated rings. The number of aromatic nitrogens is 1. The van der Waals surface area contributed by atoms with Gasteiger partial charge in [-0.05, 0) is 47.9 Å². The second kappa shape index (κ2) is 9.81. The molecule has 0 bridgehead atoms. The van der Waals surface area contributed by atoms with Gasteiger partial charge in [-0.2, -0.15) is 0 Å². The van der Waals surface area contributed by atoms with Crippen molar-refractivity contribution >= 4 is 28.4 Å². The van der Waals surface area contributed by atoms with Crippen LogP contribution in [-0.4, -0.2) is 64.9 Å². The van der Waals surface area contributed by atoms with Crippen LogP contribution in [0.15, 0.2) is 60.0 Å². The van der Waals surface area contributed by atoms with Crippen molar-refractivity contribution in [2.75, 3.05) is 27.9 Å². The van der Waals surface area contributed by atoms with Crippen molar-refractivity contribution in [2.24, 2.45) is 7.05 Å². The Morgan fingerprint density at radius 2 is 1.90 bits per heavy atom. The van der Waals surface area contributed by atoms with Gasteiger partial charge in [-0.1, -0.05) is 6.92 Å². The van der Waals surface area contributed by atoms with Crippen LogP contribution in [0.3, 0.4) is 0 Å². The molecule has 9 heteroatoms. The molecule has 1 aliphatic heterocycles. The average molecular weight is 533 g/mol. The minimum Gasteiger partial charge on any atom is -0.509 e. The summed E-state index contributed by atoms with van der Waals surface area (Å²) in [5, 5.41) is 23.1. The highest BCUT2D eigenvalue weighted by molar-refractivity contribution is 6.09. The zero-order chi connectivity index (χ0) is 28.1. The number of fused-ring (bicyclic) bond motifs is 3. The third kappa shape index (κ3) is 3.96. The number of Topliss-reactive ketones (excluding diaryl/α,β-unsaturated/α-hetero) is 1. The van der Waals surface area contributed by atoms with Crippen molar-refractivity contribution < 1.29 is 34.0 Å². The van der Waals surface area contributed by atoms with Gasteiger partial charge in [0.2, 0.25) is 5.54 Å². The van der Waals surface area contributed by atoms with Gasteiger partial charge in [-0.15, -0.1) is 0 Å². The van der Waals surface area contributed by atoms with E-state index >= 15 is 0 Å². The molecule has 2 atom stereocenters. The van der Waals surface area contributed by atoms with Crippen LogP contribution in [0.2, 0.25) is 0 Å². The lowest BCUT2D eigenvalue weighted by Crippen LogP contribution is -2.59. The number of ketones is 1. The Balaban J connectivity index is 1.83. The number of hydrogen-bond donors (Lipinski definition) is 2. The number of benzene rings is 2. The topological polar surface area (TPSA) is 110 Å². The first kappa shape index (κ1) is 26.4.